The molecule has 2 aliphatic heterocycles. The Balaban J connectivity index is 1.75. The van der Waals surface area contributed by atoms with Crippen molar-refractivity contribution >= 4 is 45.9 Å². The summed E-state index contributed by atoms with van der Waals surface area (Å²) in [7, 11) is 0. The highest BCUT2D eigenvalue weighted by Gasteiger charge is 2.48. The van der Waals surface area contributed by atoms with Crippen LogP contribution in [0.25, 0.3) is 10.8 Å². The predicted molar refractivity (Wildman–Crippen MR) is 113 cm³/mol. The number of aliphatic hydroxyl groups is 1. The third-order valence-electron chi connectivity index (χ3n) is 5.55. The largest absolute Gasteiger partial charge is 0.444 e. The first-order valence-electron chi connectivity index (χ1n) is 9.72. The van der Waals surface area contributed by atoms with E-state index in [1.165, 1.54) is 6.20 Å². The van der Waals surface area contributed by atoms with Crippen LogP contribution in [0.2, 0.25) is 10.3 Å². The molecule has 2 aliphatic rings. The molecule has 0 aliphatic carbocycles. The van der Waals surface area contributed by atoms with Crippen molar-refractivity contribution in [2.24, 2.45) is 0 Å². The molecule has 3 unspecified atom stereocenters. The molecule has 30 heavy (non-hydrogen) atoms. The number of carbonyl (C=O) groups excluding carboxylic acids is 1. The number of aryl methyl sites for hydroxylation is 1. The second kappa shape index (κ2) is 7.35. The van der Waals surface area contributed by atoms with Gasteiger partial charge in [0, 0.05) is 30.1 Å². The fraction of sp³-hybridized carbons (Fsp3) is 0.550. The number of halogens is 3. The number of rotatable bonds is 1. The second-order valence-electron chi connectivity index (χ2n) is 8.82. The Morgan fingerprint density at radius 1 is 1.30 bits per heavy atom. The van der Waals surface area contributed by atoms with Gasteiger partial charge in [0.2, 0.25) is 0 Å². The highest BCUT2D eigenvalue weighted by atomic mass is 35.5. The molecule has 0 aromatic carbocycles. The maximum atomic E-state index is 14.8. The van der Waals surface area contributed by atoms with Gasteiger partial charge in [-0.1, -0.05) is 23.2 Å². The Kier molecular flexibility index (Phi) is 5.23. The molecular weight excluding hydrogens is 434 g/mol. The first-order valence-corrected chi connectivity index (χ1v) is 10.5. The van der Waals surface area contributed by atoms with Gasteiger partial charge in [-0.25, -0.2) is 19.2 Å². The summed E-state index contributed by atoms with van der Waals surface area (Å²) in [6.45, 7) is 7.70. The van der Waals surface area contributed by atoms with Crippen LogP contribution in [-0.2, 0) is 4.74 Å². The van der Waals surface area contributed by atoms with Crippen LogP contribution in [0.1, 0.15) is 32.8 Å². The van der Waals surface area contributed by atoms with Gasteiger partial charge in [-0.05, 0) is 39.7 Å². The number of aromatic nitrogens is 2. The third kappa shape index (κ3) is 3.55. The Morgan fingerprint density at radius 2 is 2.00 bits per heavy atom. The third-order valence-corrected chi connectivity index (χ3v) is 6.18. The van der Waals surface area contributed by atoms with Crippen molar-refractivity contribution in [3.63, 3.8) is 0 Å². The Hall–Kier alpha value is -1.90. The molecule has 2 aromatic heterocycles. The summed E-state index contributed by atoms with van der Waals surface area (Å²) < 4.78 is 20.3. The van der Waals surface area contributed by atoms with E-state index in [0.29, 0.717) is 29.7 Å². The van der Waals surface area contributed by atoms with Gasteiger partial charge < -0.3 is 19.6 Å². The van der Waals surface area contributed by atoms with Gasteiger partial charge in [0.05, 0.1) is 18.2 Å². The van der Waals surface area contributed by atoms with Crippen LogP contribution in [0.5, 0.6) is 0 Å². The first-order chi connectivity index (χ1) is 14.0. The van der Waals surface area contributed by atoms with E-state index in [4.69, 9.17) is 27.9 Å². The minimum Gasteiger partial charge on any atom is -0.444 e. The highest BCUT2D eigenvalue weighted by molar-refractivity contribution is 6.32. The maximum absolute atomic E-state index is 14.8. The van der Waals surface area contributed by atoms with Crippen LogP contribution in [0.15, 0.2) is 6.20 Å². The van der Waals surface area contributed by atoms with Gasteiger partial charge in [-0.15, -0.1) is 0 Å². The number of ether oxygens (including phenoxy) is 1. The van der Waals surface area contributed by atoms with Crippen molar-refractivity contribution in [3.05, 3.63) is 27.9 Å². The lowest BCUT2D eigenvalue weighted by Crippen LogP contribution is -2.57. The zero-order valence-corrected chi connectivity index (χ0v) is 18.6. The SMILES string of the molecule is Cc1c(Cl)nc(N2C3CC(O)C2CN(C(=O)OC(C)(C)C)C3)c2cnc(Cl)c(F)c12. The molecule has 10 heteroatoms. The molecular formula is C20H23Cl2FN4O3. The second-order valence-corrected chi connectivity index (χ2v) is 9.54. The van der Waals surface area contributed by atoms with Gasteiger partial charge in [0.15, 0.2) is 11.0 Å². The molecule has 1 N–H and O–H groups in total. The number of hydrogen-bond acceptors (Lipinski definition) is 6. The van der Waals surface area contributed by atoms with E-state index < -0.39 is 29.7 Å². The van der Waals surface area contributed by atoms with E-state index >= 15 is 0 Å². The number of pyridine rings is 2. The number of likely N-dealkylation sites (tertiary alicyclic amines) is 1. The topological polar surface area (TPSA) is 78.8 Å². The summed E-state index contributed by atoms with van der Waals surface area (Å²) in [5.74, 6) is -0.225. The monoisotopic (exact) mass is 456 g/mol. The maximum Gasteiger partial charge on any atom is 0.410 e. The molecule has 0 saturated carbocycles. The van der Waals surface area contributed by atoms with Gasteiger partial charge >= 0.3 is 6.09 Å². The van der Waals surface area contributed by atoms with Crippen LogP contribution >= 0.6 is 23.2 Å². The number of hydrogen-bond donors (Lipinski definition) is 1. The lowest BCUT2D eigenvalue weighted by Gasteiger charge is -2.42. The van der Waals surface area contributed by atoms with Gasteiger partial charge in [-0.2, -0.15) is 0 Å². The summed E-state index contributed by atoms with van der Waals surface area (Å²) >= 11 is 12.2. The van der Waals surface area contributed by atoms with Crippen LogP contribution in [-0.4, -0.2) is 62.9 Å². The Bertz CT molecular complexity index is 1020. The highest BCUT2D eigenvalue weighted by Crippen LogP contribution is 2.41. The zero-order valence-electron chi connectivity index (χ0n) is 17.1. The first kappa shape index (κ1) is 21.3. The zero-order chi connectivity index (χ0) is 22.0. The summed E-state index contributed by atoms with van der Waals surface area (Å²) in [5.41, 5.74) is -0.145. The van der Waals surface area contributed by atoms with Crippen LogP contribution in [0.4, 0.5) is 15.0 Å². The Labute approximate surface area is 183 Å². The standard InChI is InChI=1S/C20H23Cl2FN4O3/c1-9-14-11(6-24-17(22)15(14)23)18(25-16(9)21)27-10-5-13(28)12(27)8-26(7-10)19(29)30-20(2,3)4/h6,10,12-13,28H,5,7-8H2,1-4H3. The van der Waals surface area contributed by atoms with E-state index in [1.807, 2.05) is 25.7 Å². The summed E-state index contributed by atoms with van der Waals surface area (Å²) in [5, 5.41) is 11.3. The summed E-state index contributed by atoms with van der Waals surface area (Å²) in [4.78, 5) is 24.5. The number of piperazine rings is 1. The van der Waals surface area contributed by atoms with E-state index in [0.717, 1.165) is 0 Å². The normalized spacial score (nSPS) is 23.9. The van der Waals surface area contributed by atoms with E-state index in [9.17, 15) is 14.3 Å². The molecule has 2 saturated heterocycles. The lowest BCUT2D eigenvalue weighted by atomic mass is 10.1. The smallest absolute Gasteiger partial charge is 0.410 e. The number of carbonyl (C=O) groups is 1. The van der Waals surface area contributed by atoms with Gasteiger partial charge in [-0.3, -0.25) is 0 Å². The average Bonchev–Trinajstić information content (AvgIpc) is 2.83. The molecule has 2 fully saturated rings. The number of nitrogens with zero attached hydrogens (tertiary/aromatic N) is 4. The molecule has 162 valence electrons. The van der Waals surface area contributed by atoms with Gasteiger partial charge in [0.25, 0.3) is 0 Å². The molecule has 2 aromatic rings. The van der Waals surface area contributed by atoms with Gasteiger partial charge in [0.1, 0.15) is 16.6 Å². The fourth-order valence-corrected chi connectivity index (χ4v) is 4.59. The molecule has 2 bridgehead atoms. The minimum atomic E-state index is -0.676. The van der Waals surface area contributed by atoms with Crippen molar-refractivity contribution in [2.45, 2.75) is 57.9 Å². The van der Waals surface area contributed by atoms with Crippen LogP contribution < -0.4 is 4.90 Å². The number of amides is 1. The predicted octanol–water partition coefficient (Wildman–Crippen LogP) is 3.94. The number of fused-ring (bicyclic) bond motifs is 3. The molecule has 1 amide bonds. The van der Waals surface area contributed by atoms with Crippen molar-refractivity contribution in [3.8, 4) is 0 Å². The number of aliphatic hydroxyl groups excluding tert-OH is 1. The lowest BCUT2D eigenvalue weighted by molar-refractivity contribution is 0.0195. The van der Waals surface area contributed by atoms with E-state index in [-0.39, 0.29) is 28.3 Å². The van der Waals surface area contributed by atoms with Crippen molar-refractivity contribution in [2.75, 3.05) is 18.0 Å². The quantitative estimate of drug-likeness (QED) is 0.654. The molecule has 7 nitrogen and oxygen atoms in total. The summed E-state index contributed by atoms with van der Waals surface area (Å²) in [6.07, 6.45) is 0.815. The van der Waals surface area contributed by atoms with Crippen molar-refractivity contribution < 1.29 is 19.0 Å². The molecule has 0 spiro atoms. The van der Waals surface area contributed by atoms with Crippen LogP contribution in [0.3, 0.4) is 0 Å². The molecule has 4 rings (SSSR count). The molecule has 0 radical (unpaired) electrons. The minimum absolute atomic E-state index is 0.155. The Morgan fingerprint density at radius 3 is 2.63 bits per heavy atom. The summed E-state index contributed by atoms with van der Waals surface area (Å²) in [6, 6.07) is -0.649. The fourth-order valence-electron chi connectivity index (χ4n) is 4.28. The van der Waals surface area contributed by atoms with E-state index in [1.54, 1.807) is 11.8 Å². The van der Waals surface area contributed by atoms with E-state index in [2.05, 4.69) is 9.97 Å². The average molecular weight is 457 g/mol. The van der Waals surface area contributed by atoms with Crippen molar-refractivity contribution in [1.82, 2.24) is 14.9 Å². The number of anilines is 1. The molecule has 3 atom stereocenters. The molecule has 4 heterocycles. The van der Waals surface area contributed by atoms with Crippen molar-refractivity contribution in [1.29, 1.82) is 0 Å². The van der Waals surface area contributed by atoms with Crippen LogP contribution in [0, 0.1) is 12.7 Å².